The minimum absolute atomic E-state index is 0.0139. The van der Waals surface area contributed by atoms with Crippen molar-refractivity contribution in [2.45, 2.75) is 77.1 Å². The van der Waals surface area contributed by atoms with E-state index in [0.29, 0.717) is 24.6 Å². The van der Waals surface area contributed by atoms with Gasteiger partial charge in [0, 0.05) is 37.0 Å². The lowest BCUT2D eigenvalue weighted by Crippen LogP contribution is -2.41. The molecule has 152 valence electrons. The monoisotopic (exact) mass is 386 g/mol. The van der Waals surface area contributed by atoms with Crippen LogP contribution in [0.15, 0.2) is 6.07 Å². The Morgan fingerprint density at radius 1 is 1.30 bits per heavy atom. The summed E-state index contributed by atoms with van der Waals surface area (Å²) in [5.74, 6) is 0.816. The van der Waals surface area contributed by atoms with E-state index in [1.807, 2.05) is 18.7 Å². The van der Waals surface area contributed by atoms with Gasteiger partial charge in [0.15, 0.2) is 6.04 Å². The van der Waals surface area contributed by atoms with Gasteiger partial charge in [0.1, 0.15) is 5.82 Å². The number of piperidine rings is 1. The van der Waals surface area contributed by atoms with Crippen LogP contribution < -0.4 is 5.32 Å². The van der Waals surface area contributed by atoms with E-state index in [4.69, 9.17) is 0 Å². The molecule has 1 saturated heterocycles. The van der Waals surface area contributed by atoms with Crippen molar-refractivity contribution in [1.82, 2.24) is 14.7 Å². The molecule has 1 aromatic heterocycles. The second-order valence-corrected chi connectivity index (χ2v) is 7.85. The molecule has 0 bridgehead atoms. The third-order valence-corrected chi connectivity index (χ3v) is 5.96. The second kappa shape index (κ2) is 7.72. The first-order valence-corrected chi connectivity index (χ1v) is 9.96. The van der Waals surface area contributed by atoms with Gasteiger partial charge in [-0.15, -0.1) is 0 Å². The predicted molar refractivity (Wildman–Crippen MR) is 97.6 cm³/mol. The van der Waals surface area contributed by atoms with Gasteiger partial charge in [-0.3, -0.25) is 4.79 Å². The average Bonchev–Trinajstić information content (AvgIpc) is 3.05. The zero-order chi connectivity index (χ0) is 19.8. The number of carbonyl (C=O) groups excluding carboxylic acids is 1. The number of amides is 1. The highest BCUT2D eigenvalue weighted by Crippen LogP contribution is 2.41. The number of anilines is 1. The number of hydrogen-bond acceptors (Lipinski definition) is 3. The first kappa shape index (κ1) is 20.0. The van der Waals surface area contributed by atoms with Gasteiger partial charge in [-0.05, 0) is 39.0 Å². The van der Waals surface area contributed by atoms with E-state index >= 15 is 0 Å². The van der Waals surface area contributed by atoms with Gasteiger partial charge >= 0.3 is 6.18 Å². The number of alkyl halides is 3. The summed E-state index contributed by atoms with van der Waals surface area (Å²) < 4.78 is 41.3. The van der Waals surface area contributed by atoms with Crippen molar-refractivity contribution in [2.24, 2.45) is 5.92 Å². The van der Waals surface area contributed by atoms with Crippen LogP contribution in [-0.2, 0) is 4.79 Å². The Labute approximate surface area is 158 Å². The van der Waals surface area contributed by atoms with Crippen LogP contribution in [0, 0.1) is 5.92 Å². The Balaban J connectivity index is 1.70. The number of rotatable bonds is 4. The Kier molecular flexibility index (Phi) is 5.72. The van der Waals surface area contributed by atoms with E-state index in [1.54, 1.807) is 13.0 Å². The summed E-state index contributed by atoms with van der Waals surface area (Å²) in [5.41, 5.74) is 0.704. The highest BCUT2D eigenvalue weighted by atomic mass is 19.4. The van der Waals surface area contributed by atoms with Gasteiger partial charge in [0.25, 0.3) is 0 Å². The Morgan fingerprint density at radius 3 is 2.48 bits per heavy atom. The maximum absolute atomic E-state index is 13.4. The molecule has 5 nitrogen and oxygen atoms in total. The summed E-state index contributed by atoms with van der Waals surface area (Å²) in [5, 5.41) is 7.44. The highest BCUT2D eigenvalue weighted by molar-refractivity contribution is 5.78. The zero-order valence-electron chi connectivity index (χ0n) is 16.2. The molecule has 1 fully saturated rings. The van der Waals surface area contributed by atoms with Crippen molar-refractivity contribution >= 4 is 11.7 Å². The first-order valence-electron chi connectivity index (χ1n) is 9.96. The van der Waals surface area contributed by atoms with Crippen molar-refractivity contribution in [2.75, 3.05) is 18.4 Å². The quantitative estimate of drug-likeness (QED) is 0.838. The van der Waals surface area contributed by atoms with Gasteiger partial charge in [-0.1, -0.05) is 13.8 Å². The number of hydrogen-bond donors (Lipinski definition) is 1. The number of aromatic nitrogens is 2. The van der Waals surface area contributed by atoms with E-state index < -0.39 is 12.2 Å². The van der Waals surface area contributed by atoms with Crippen LogP contribution in [0.3, 0.4) is 0 Å². The molecule has 1 amide bonds. The number of nitrogens with zero attached hydrogens (tertiary/aromatic N) is 3. The third kappa shape index (κ3) is 4.09. The lowest BCUT2D eigenvalue weighted by Gasteiger charge is -2.33. The van der Waals surface area contributed by atoms with Gasteiger partial charge in [-0.2, -0.15) is 18.3 Å². The van der Waals surface area contributed by atoms with Crippen molar-refractivity contribution in [3.63, 3.8) is 0 Å². The van der Waals surface area contributed by atoms with E-state index in [2.05, 4.69) is 10.4 Å². The molecule has 0 aromatic carbocycles. The Hall–Kier alpha value is -1.73. The number of halogens is 3. The molecule has 2 aliphatic heterocycles. The average molecular weight is 386 g/mol. The Morgan fingerprint density at radius 2 is 1.93 bits per heavy atom. The molecule has 0 aliphatic carbocycles. The maximum Gasteiger partial charge on any atom is 0.410 e. The smallest absolute Gasteiger partial charge is 0.368 e. The molecule has 3 heterocycles. The second-order valence-electron chi connectivity index (χ2n) is 7.85. The van der Waals surface area contributed by atoms with E-state index in [0.717, 1.165) is 30.4 Å². The van der Waals surface area contributed by atoms with Crippen LogP contribution in [0.1, 0.15) is 70.5 Å². The zero-order valence-corrected chi connectivity index (χ0v) is 16.2. The highest BCUT2D eigenvalue weighted by Gasteiger charge is 2.45. The fraction of sp³-hybridized carbons (Fsp3) is 0.789. The molecule has 3 rings (SSSR count). The molecular weight excluding hydrogens is 357 g/mol. The fourth-order valence-electron chi connectivity index (χ4n) is 4.27. The maximum atomic E-state index is 13.4. The molecule has 0 saturated carbocycles. The molecule has 0 unspecified atom stereocenters. The molecule has 8 heteroatoms. The molecule has 2 atom stereocenters. The topological polar surface area (TPSA) is 50.2 Å². The summed E-state index contributed by atoms with van der Waals surface area (Å²) in [6, 6.07) is -0.0561. The summed E-state index contributed by atoms with van der Waals surface area (Å²) >= 11 is 0. The third-order valence-electron chi connectivity index (χ3n) is 5.96. The number of carbonyl (C=O) groups is 1. The van der Waals surface area contributed by atoms with Gasteiger partial charge < -0.3 is 10.2 Å². The normalized spacial score (nSPS) is 24.0. The molecule has 1 N–H and O–H groups in total. The summed E-state index contributed by atoms with van der Waals surface area (Å²) in [7, 11) is 0. The SMILES string of the molecule is CCC(CC)C(=O)N1CCC(c2cc3n(n2)[C@@H](C(F)(F)F)C[C@@H](C)N3)CC1. The van der Waals surface area contributed by atoms with E-state index in [-0.39, 0.29) is 30.2 Å². The first-order chi connectivity index (χ1) is 12.7. The number of fused-ring (bicyclic) bond motifs is 1. The number of nitrogens with one attached hydrogen (secondary N) is 1. The van der Waals surface area contributed by atoms with Crippen molar-refractivity contribution in [3.05, 3.63) is 11.8 Å². The van der Waals surface area contributed by atoms with Crippen molar-refractivity contribution in [1.29, 1.82) is 0 Å². The summed E-state index contributed by atoms with van der Waals surface area (Å²) in [6.07, 6.45) is -1.15. The van der Waals surface area contributed by atoms with Crippen LogP contribution in [0.25, 0.3) is 0 Å². The predicted octanol–water partition coefficient (Wildman–Crippen LogP) is 4.33. The molecule has 1 aromatic rings. The van der Waals surface area contributed by atoms with Crippen LogP contribution in [0.4, 0.5) is 19.0 Å². The van der Waals surface area contributed by atoms with E-state index in [1.165, 1.54) is 0 Å². The largest absolute Gasteiger partial charge is 0.410 e. The fourth-order valence-corrected chi connectivity index (χ4v) is 4.27. The van der Waals surface area contributed by atoms with Crippen LogP contribution in [-0.4, -0.2) is 45.9 Å². The summed E-state index contributed by atoms with van der Waals surface area (Å²) in [4.78, 5) is 14.4. The molecule has 27 heavy (non-hydrogen) atoms. The minimum Gasteiger partial charge on any atom is -0.368 e. The van der Waals surface area contributed by atoms with E-state index in [9.17, 15) is 18.0 Å². The molecule has 0 spiro atoms. The van der Waals surface area contributed by atoms with Crippen LogP contribution in [0.5, 0.6) is 0 Å². The van der Waals surface area contributed by atoms with Gasteiger partial charge in [0.05, 0.1) is 5.69 Å². The van der Waals surface area contributed by atoms with Gasteiger partial charge in [0.2, 0.25) is 5.91 Å². The molecule has 2 aliphatic rings. The minimum atomic E-state index is -4.31. The standard InChI is InChI=1S/C19H29F3N4O/c1-4-13(5-2)18(27)25-8-6-14(7-9-25)15-11-17-23-12(3)10-16(19(20,21)22)26(17)24-15/h11-14,16,23H,4-10H2,1-3H3/t12-,16-/m1/s1. The molecule has 0 radical (unpaired) electrons. The van der Waals surface area contributed by atoms with Gasteiger partial charge in [-0.25, -0.2) is 4.68 Å². The lowest BCUT2D eigenvalue weighted by atomic mass is 9.92. The van der Waals surface area contributed by atoms with Crippen LogP contribution in [0.2, 0.25) is 0 Å². The van der Waals surface area contributed by atoms with Crippen molar-refractivity contribution in [3.8, 4) is 0 Å². The molecular formula is C19H29F3N4O. The lowest BCUT2D eigenvalue weighted by molar-refractivity contribution is -0.173. The number of likely N-dealkylation sites (tertiary alicyclic amines) is 1. The van der Waals surface area contributed by atoms with Crippen molar-refractivity contribution < 1.29 is 18.0 Å². The summed E-state index contributed by atoms with van der Waals surface area (Å²) in [6.45, 7) is 7.11. The van der Waals surface area contributed by atoms with Crippen LogP contribution >= 0.6 is 0 Å². The Bertz CT molecular complexity index is 660.